The number of H-pyrrole nitrogens is 1. The van der Waals surface area contributed by atoms with Gasteiger partial charge in [0.05, 0.1) is 0 Å². The second kappa shape index (κ2) is 8.53. The summed E-state index contributed by atoms with van der Waals surface area (Å²) in [5, 5.41) is 16.2. The summed E-state index contributed by atoms with van der Waals surface area (Å²) >= 11 is 0. The summed E-state index contributed by atoms with van der Waals surface area (Å²) in [7, 11) is 1.95. The van der Waals surface area contributed by atoms with Crippen LogP contribution in [-0.2, 0) is 20.0 Å². The third kappa shape index (κ3) is 4.36. The van der Waals surface area contributed by atoms with Crippen LogP contribution < -0.4 is 10.6 Å². The fraction of sp³-hybridized carbons (Fsp3) is 0.350. The van der Waals surface area contributed by atoms with Gasteiger partial charge in [-0.15, -0.1) is 16.8 Å². The molecule has 0 spiro atoms. The smallest absolute Gasteiger partial charge is 0.191 e. The summed E-state index contributed by atoms with van der Waals surface area (Å²) in [6.07, 6.45) is 4.81. The van der Waals surface area contributed by atoms with Gasteiger partial charge < -0.3 is 20.2 Å². The normalized spacial score (nSPS) is 11.7. The molecule has 0 amide bonds. The molecular formula is C20H27N7. The number of aromatic amines is 1. The van der Waals surface area contributed by atoms with Crippen molar-refractivity contribution in [1.29, 1.82) is 0 Å². The Kier molecular flexibility index (Phi) is 5.90. The number of hydrogen-bond acceptors (Lipinski definition) is 3. The SMILES string of the molecule is C=CCNC(=NCc1nnc(C)n1C)NCCc1c[nH]c2cccc(C)c12. The van der Waals surface area contributed by atoms with Crippen molar-refractivity contribution >= 4 is 16.9 Å². The summed E-state index contributed by atoms with van der Waals surface area (Å²) in [6.45, 7) is 9.73. The van der Waals surface area contributed by atoms with Crippen LogP contribution in [-0.4, -0.2) is 38.8 Å². The van der Waals surface area contributed by atoms with Gasteiger partial charge in [0.1, 0.15) is 12.4 Å². The van der Waals surface area contributed by atoms with E-state index in [2.05, 4.69) is 68.7 Å². The first-order valence-electron chi connectivity index (χ1n) is 9.13. The highest BCUT2D eigenvalue weighted by Gasteiger charge is 2.07. The second-order valence-electron chi connectivity index (χ2n) is 6.55. The van der Waals surface area contributed by atoms with Crippen molar-refractivity contribution in [2.75, 3.05) is 13.1 Å². The van der Waals surface area contributed by atoms with Crippen LogP contribution in [0.25, 0.3) is 10.9 Å². The molecule has 27 heavy (non-hydrogen) atoms. The Hall–Kier alpha value is -3.09. The van der Waals surface area contributed by atoms with Gasteiger partial charge in [0.25, 0.3) is 0 Å². The van der Waals surface area contributed by atoms with Crippen LogP contribution in [0.15, 0.2) is 42.0 Å². The van der Waals surface area contributed by atoms with E-state index in [-0.39, 0.29) is 0 Å². The van der Waals surface area contributed by atoms with Crippen LogP contribution in [0.4, 0.5) is 0 Å². The molecule has 0 saturated carbocycles. The molecule has 7 nitrogen and oxygen atoms in total. The summed E-state index contributed by atoms with van der Waals surface area (Å²) in [5.74, 6) is 2.45. The van der Waals surface area contributed by atoms with E-state index in [1.165, 1.54) is 22.0 Å². The van der Waals surface area contributed by atoms with E-state index in [0.29, 0.717) is 13.1 Å². The number of aromatic nitrogens is 4. The van der Waals surface area contributed by atoms with Gasteiger partial charge in [-0.25, -0.2) is 4.99 Å². The van der Waals surface area contributed by atoms with Crippen molar-refractivity contribution in [3.63, 3.8) is 0 Å². The van der Waals surface area contributed by atoms with Crippen LogP contribution in [0.3, 0.4) is 0 Å². The number of nitrogens with zero attached hydrogens (tertiary/aromatic N) is 4. The molecule has 7 heteroatoms. The highest BCUT2D eigenvalue weighted by molar-refractivity contribution is 5.86. The number of nitrogens with one attached hydrogen (secondary N) is 3. The Morgan fingerprint density at radius 1 is 1.30 bits per heavy atom. The molecule has 1 aromatic carbocycles. The molecule has 0 atom stereocenters. The number of aliphatic imine (C=N–C) groups is 1. The Labute approximate surface area is 159 Å². The Morgan fingerprint density at radius 2 is 2.15 bits per heavy atom. The zero-order chi connectivity index (χ0) is 19.2. The molecule has 0 radical (unpaired) electrons. The van der Waals surface area contributed by atoms with Gasteiger partial charge in [-0.2, -0.15) is 0 Å². The van der Waals surface area contributed by atoms with Crippen molar-refractivity contribution in [2.24, 2.45) is 12.0 Å². The highest BCUT2D eigenvalue weighted by atomic mass is 15.3. The van der Waals surface area contributed by atoms with Crippen molar-refractivity contribution < 1.29 is 0 Å². The van der Waals surface area contributed by atoms with Crippen molar-refractivity contribution in [3.8, 4) is 0 Å². The first-order chi connectivity index (χ1) is 13.1. The molecule has 0 unspecified atom stereocenters. The third-order valence-electron chi connectivity index (χ3n) is 4.66. The van der Waals surface area contributed by atoms with Crippen molar-refractivity contribution in [2.45, 2.75) is 26.8 Å². The first-order valence-corrected chi connectivity index (χ1v) is 9.13. The van der Waals surface area contributed by atoms with E-state index in [1.807, 2.05) is 24.6 Å². The molecule has 0 bridgehead atoms. The topological polar surface area (TPSA) is 82.9 Å². The van der Waals surface area contributed by atoms with Crippen molar-refractivity contribution in [1.82, 2.24) is 30.4 Å². The van der Waals surface area contributed by atoms with E-state index < -0.39 is 0 Å². The average Bonchev–Trinajstić information content (AvgIpc) is 3.22. The van der Waals surface area contributed by atoms with Gasteiger partial charge in [0, 0.05) is 37.2 Å². The number of aryl methyl sites for hydroxylation is 2. The maximum Gasteiger partial charge on any atom is 0.191 e. The van der Waals surface area contributed by atoms with Gasteiger partial charge in [0.2, 0.25) is 0 Å². The molecule has 3 aromatic rings. The molecule has 3 N–H and O–H groups in total. The van der Waals surface area contributed by atoms with Crippen LogP contribution in [0.5, 0.6) is 0 Å². The molecule has 3 rings (SSSR count). The maximum atomic E-state index is 4.62. The zero-order valence-corrected chi connectivity index (χ0v) is 16.2. The quantitative estimate of drug-likeness (QED) is 0.341. The van der Waals surface area contributed by atoms with Gasteiger partial charge in [-0.1, -0.05) is 18.2 Å². The van der Waals surface area contributed by atoms with E-state index in [9.17, 15) is 0 Å². The number of fused-ring (bicyclic) bond motifs is 1. The molecular weight excluding hydrogens is 338 g/mol. The van der Waals surface area contributed by atoms with E-state index in [1.54, 1.807) is 0 Å². The lowest BCUT2D eigenvalue weighted by Crippen LogP contribution is -2.38. The van der Waals surface area contributed by atoms with Crippen LogP contribution in [0.2, 0.25) is 0 Å². The lowest BCUT2D eigenvalue weighted by molar-refractivity contribution is 0.757. The minimum Gasteiger partial charge on any atom is -0.361 e. The van der Waals surface area contributed by atoms with Gasteiger partial charge in [0.15, 0.2) is 11.8 Å². The summed E-state index contributed by atoms with van der Waals surface area (Å²) in [5.41, 5.74) is 3.78. The monoisotopic (exact) mass is 365 g/mol. The minimum absolute atomic E-state index is 0.468. The predicted octanol–water partition coefficient (Wildman–Crippen LogP) is 2.38. The average molecular weight is 365 g/mol. The predicted molar refractivity (Wildman–Crippen MR) is 110 cm³/mol. The number of hydrogen-bond donors (Lipinski definition) is 3. The maximum absolute atomic E-state index is 4.62. The Morgan fingerprint density at radius 3 is 2.89 bits per heavy atom. The summed E-state index contributed by atoms with van der Waals surface area (Å²) < 4.78 is 1.95. The molecule has 2 aromatic heterocycles. The van der Waals surface area contributed by atoms with Gasteiger partial charge >= 0.3 is 0 Å². The van der Waals surface area contributed by atoms with Crippen molar-refractivity contribution in [3.05, 3.63) is 59.8 Å². The summed E-state index contributed by atoms with van der Waals surface area (Å²) in [4.78, 5) is 7.97. The van der Waals surface area contributed by atoms with Crippen LogP contribution in [0, 0.1) is 13.8 Å². The standard InChI is InChI=1S/C20H27N7/c1-5-10-21-20(24-13-18-26-25-15(3)27(18)4)22-11-9-16-12-23-17-8-6-7-14(2)19(16)17/h5-8,12,23H,1,9-11,13H2,2-4H3,(H2,21,22,24). The van der Waals surface area contributed by atoms with Crippen LogP contribution in [0.1, 0.15) is 22.8 Å². The second-order valence-corrected chi connectivity index (χ2v) is 6.55. The van der Waals surface area contributed by atoms with E-state index in [0.717, 1.165) is 30.6 Å². The van der Waals surface area contributed by atoms with Gasteiger partial charge in [-0.05, 0) is 37.5 Å². The van der Waals surface area contributed by atoms with E-state index >= 15 is 0 Å². The van der Waals surface area contributed by atoms with Gasteiger partial charge in [-0.3, -0.25) is 0 Å². The number of guanidine groups is 1. The minimum atomic E-state index is 0.468. The highest BCUT2D eigenvalue weighted by Crippen LogP contribution is 2.22. The Bertz CT molecular complexity index is 949. The summed E-state index contributed by atoms with van der Waals surface area (Å²) in [6, 6.07) is 6.34. The molecule has 2 heterocycles. The molecule has 0 aliphatic carbocycles. The van der Waals surface area contributed by atoms with Crippen LogP contribution >= 0.6 is 0 Å². The molecule has 0 fully saturated rings. The van der Waals surface area contributed by atoms with E-state index in [4.69, 9.17) is 0 Å². The number of rotatable bonds is 7. The molecule has 0 aliphatic rings. The molecule has 0 saturated heterocycles. The lowest BCUT2D eigenvalue weighted by Gasteiger charge is -2.11. The fourth-order valence-electron chi connectivity index (χ4n) is 3.05. The Balaban J connectivity index is 1.64. The zero-order valence-electron chi connectivity index (χ0n) is 16.2. The number of benzene rings is 1. The largest absolute Gasteiger partial charge is 0.361 e. The lowest BCUT2D eigenvalue weighted by atomic mass is 10.1. The molecule has 0 aliphatic heterocycles. The third-order valence-corrected chi connectivity index (χ3v) is 4.66. The fourth-order valence-corrected chi connectivity index (χ4v) is 3.05. The molecule has 142 valence electrons. The first kappa shape index (κ1) is 18.7.